The molecular weight excluding hydrogens is 496 g/mol. The van der Waals surface area contributed by atoms with Crippen molar-refractivity contribution in [1.29, 1.82) is 0 Å². The van der Waals surface area contributed by atoms with Crippen molar-refractivity contribution in [3.05, 3.63) is 86.5 Å². The predicted octanol–water partition coefficient (Wildman–Crippen LogP) is 6.50. The van der Waals surface area contributed by atoms with E-state index in [2.05, 4.69) is 69.8 Å². The molecule has 1 unspecified atom stereocenters. The van der Waals surface area contributed by atoms with Crippen LogP contribution in [0.5, 0.6) is 0 Å². The fourth-order valence-electron chi connectivity index (χ4n) is 5.39. The van der Waals surface area contributed by atoms with Gasteiger partial charge in [-0.1, -0.05) is 48.5 Å². The number of thiophene rings is 1. The number of fused-ring (bicyclic) bond motifs is 3. The molecule has 1 aromatic heterocycles. The number of amides is 1. The van der Waals surface area contributed by atoms with Crippen molar-refractivity contribution in [3.8, 4) is 0 Å². The average molecular weight is 527 g/mol. The average Bonchev–Trinajstić information content (AvgIpc) is 3.25. The van der Waals surface area contributed by atoms with Crippen LogP contribution >= 0.6 is 27.3 Å². The number of halogens is 1. The lowest BCUT2D eigenvalue weighted by Crippen LogP contribution is -2.65. The zero-order valence-electron chi connectivity index (χ0n) is 18.7. The molecule has 3 aromatic rings. The van der Waals surface area contributed by atoms with Gasteiger partial charge in [0.1, 0.15) is 6.54 Å². The molecule has 0 aliphatic carbocycles. The van der Waals surface area contributed by atoms with Crippen LogP contribution in [0, 0.1) is 5.92 Å². The van der Waals surface area contributed by atoms with Gasteiger partial charge < -0.3 is 9.22 Å². The number of nitrogens with zero attached hydrogens (tertiary/aromatic N) is 1. The highest BCUT2D eigenvalue weighted by Crippen LogP contribution is 2.36. The standard InChI is InChI=1S/C27H29BrN2O2S/c28-26-11-10-23(33-26)18-22-8-4-5-9-24(22)29-27(31)32-25-19-30(16-13-21(25)14-17-30)15-12-20-6-2-1-3-7-20/h1-11,21,25H,12-19H2/p+1. The lowest BCUT2D eigenvalue weighted by molar-refractivity contribution is -0.945. The third-order valence-corrected chi connectivity index (χ3v) is 8.89. The summed E-state index contributed by atoms with van der Waals surface area (Å²) in [7, 11) is 0. The molecular formula is C27H30BrN2O2S+. The van der Waals surface area contributed by atoms with Crippen LogP contribution in [-0.4, -0.2) is 42.9 Å². The first kappa shape index (κ1) is 22.6. The van der Waals surface area contributed by atoms with Crippen LogP contribution in [-0.2, 0) is 17.6 Å². The number of quaternary nitrogens is 1. The number of nitrogens with one attached hydrogen (secondary N) is 1. The number of hydrogen-bond acceptors (Lipinski definition) is 3. The quantitative estimate of drug-likeness (QED) is 0.357. The Morgan fingerprint density at radius 2 is 1.79 bits per heavy atom. The summed E-state index contributed by atoms with van der Waals surface area (Å²) in [5.74, 6) is 0.492. The molecule has 33 heavy (non-hydrogen) atoms. The molecule has 1 atom stereocenters. The molecule has 0 saturated carbocycles. The molecule has 4 heterocycles. The minimum absolute atomic E-state index is 0.00341. The summed E-state index contributed by atoms with van der Waals surface area (Å²) in [5.41, 5.74) is 3.33. The van der Waals surface area contributed by atoms with E-state index in [1.54, 1.807) is 11.3 Å². The van der Waals surface area contributed by atoms with Crippen molar-refractivity contribution in [2.75, 3.05) is 31.5 Å². The van der Waals surface area contributed by atoms with E-state index >= 15 is 0 Å². The van der Waals surface area contributed by atoms with Gasteiger partial charge in [-0.2, -0.15) is 0 Å². The molecule has 2 aromatic carbocycles. The van der Waals surface area contributed by atoms with Crippen molar-refractivity contribution in [3.63, 3.8) is 0 Å². The van der Waals surface area contributed by atoms with Crippen LogP contribution in [0.4, 0.5) is 10.5 Å². The SMILES string of the molecule is O=C(Nc1ccccc1Cc1ccc(Br)s1)OC1C[N+]2(CCc3ccccc3)CCC1CC2. The summed E-state index contributed by atoms with van der Waals surface area (Å²) >= 11 is 5.25. The van der Waals surface area contributed by atoms with Gasteiger partial charge in [-0.25, -0.2) is 4.79 Å². The predicted molar refractivity (Wildman–Crippen MR) is 138 cm³/mol. The Kier molecular flexibility index (Phi) is 6.86. The molecule has 3 aliphatic rings. The lowest BCUT2D eigenvalue weighted by Gasteiger charge is -2.52. The summed E-state index contributed by atoms with van der Waals surface area (Å²) in [6.45, 7) is 4.48. The number of para-hydroxylation sites is 1. The van der Waals surface area contributed by atoms with Crippen LogP contribution in [0.1, 0.15) is 28.8 Å². The molecule has 172 valence electrons. The maximum absolute atomic E-state index is 12.9. The van der Waals surface area contributed by atoms with Crippen molar-refractivity contribution in [1.82, 2.24) is 0 Å². The summed E-state index contributed by atoms with van der Waals surface area (Å²) in [6, 6.07) is 22.9. The molecule has 1 N–H and O–H groups in total. The van der Waals surface area contributed by atoms with E-state index in [9.17, 15) is 4.79 Å². The minimum atomic E-state index is -0.324. The van der Waals surface area contributed by atoms with E-state index in [0.717, 1.165) is 58.3 Å². The van der Waals surface area contributed by atoms with Crippen molar-refractivity contribution >= 4 is 39.0 Å². The van der Waals surface area contributed by atoms with E-state index in [0.29, 0.717) is 5.92 Å². The molecule has 3 aliphatic heterocycles. The van der Waals surface area contributed by atoms with Crippen LogP contribution in [0.15, 0.2) is 70.5 Å². The Labute approximate surface area is 208 Å². The van der Waals surface area contributed by atoms with Crippen molar-refractivity contribution in [2.24, 2.45) is 5.92 Å². The van der Waals surface area contributed by atoms with Crippen molar-refractivity contribution < 1.29 is 14.0 Å². The third kappa shape index (κ3) is 5.51. The van der Waals surface area contributed by atoms with Gasteiger partial charge in [-0.3, -0.25) is 5.32 Å². The minimum Gasteiger partial charge on any atom is -0.440 e. The second-order valence-corrected chi connectivity index (χ2v) is 11.9. The number of rotatable bonds is 7. The molecule has 6 rings (SSSR count). The van der Waals surface area contributed by atoms with Gasteiger partial charge in [0.05, 0.1) is 23.4 Å². The van der Waals surface area contributed by atoms with Gasteiger partial charge >= 0.3 is 6.09 Å². The Hall–Kier alpha value is -2.15. The van der Waals surface area contributed by atoms with Gasteiger partial charge in [0.15, 0.2) is 6.10 Å². The second kappa shape index (κ2) is 10.00. The first-order valence-electron chi connectivity index (χ1n) is 11.8. The molecule has 2 bridgehead atoms. The molecule has 0 spiro atoms. The molecule has 0 radical (unpaired) electrons. The summed E-state index contributed by atoms with van der Waals surface area (Å²) in [5, 5.41) is 3.04. The van der Waals surface area contributed by atoms with Crippen LogP contribution in [0.2, 0.25) is 0 Å². The van der Waals surface area contributed by atoms with Gasteiger partial charge in [0.2, 0.25) is 0 Å². The molecule has 3 fully saturated rings. The molecule has 3 saturated heterocycles. The van der Waals surface area contributed by atoms with Crippen molar-refractivity contribution in [2.45, 2.75) is 31.8 Å². The largest absolute Gasteiger partial charge is 0.440 e. The Bertz CT molecular complexity index is 1090. The van der Waals surface area contributed by atoms with Crippen LogP contribution in [0.25, 0.3) is 0 Å². The van der Waals surface area contributed by atoms with E-state index in [4.69, 9.17) is 4.74 Å². The number of piperidine rings is 3. The number of carbonyl (C=O) groups is 1. The fraction of sp³-hybridized carbons (Fsp3) is 0.370. The number of hydrogen-bond donors (Lipinski definition) is 1. The first-order chi connectivity index (χ1) is 16.1. The summed E-state index contributed by atoms with van der Waals surface area (Å²) in [6.07, 6.45) is 3.85. The third-order valence-electron chi connectivity index (χ3n) is 7.27. The van der Waals surface area contributed by atoms with Gasteiger partial charge in [-0.15, -0.1) is 11.3 Å². The highest BCUT2D eigenvalue weighted by molar-refractivity contribution is 9.11. The maximum atomic E-state index is 12.9. The highest BCUT2D eigenvalue weighted by Gasteiger charge is 2.47. The zero-order valence-corrected chi connectivity index (χ0v) is 21.1. The monoisotopic (exact) mass is 525 g/mol. The number of ether oxygens (including phenoxy) is 1. The summed E-state index contributed by atoms with van der Waals surface area (Å²) in [4.78, 5) is 14.2. The lowest BCUT2D eigenvalue weighted by atomic mass is 9.83. The topological polar surface area (TPSA) is 38.3 Å². The molecule has 4 nitrogen and oxygen atoms in total. The van der Waals surface area contributed by atoms with Gasteiger partial charge in [-0.05, 0) is 45.3 Å². The second-order valence-electron chi connectivity index (χ2n) is 9.38. The maximum Gasteiger partial charge on any atom is 0.412 e. The van der Waals surface area contributed by atoms with E-state index in [1.165, 1.54) is 23.5 Å². The van der Waals surface area contributed by atoms with Crippen LogP contribution in [0.3, 0.4) is 0 Å². The number of carbonyl (C=O) groups excluding carboxylic acids is 1. The zero-order chi connectivity index (χ0) is 22.7. The first-order valence-corrected chi connectivity index (χ1v) is 13.4. The normalized spacial score (nSPS) is 23.9. The smallest absolute Gasteiger partial charge is 0.412 e. The van der Waals surface area contributed by atoms with E-state index < -0.39 is 0 Å². The Balaban J connectivity index is 1.21. The van der Waals surface area contributed by atoms with E-state index in [1.807, 2.05) is 18.2 Å². The Morgan fingerprint density at radius 1 is 1.03 bits per heavy atom. The Morgan fingerprint density at radius 3 is 2.55 bits per heavy atom. The number of anilines is 1. The van der Waals surface area contributed by atoms with Gasteiger partial charge in [0, 0.05) is 42.2 Å². The fourth-order valence-corrected chi connectivity index (χ4v) is 6.89. The molecule has 1 amide bonds. The summed E-state index contributed by atoms with van der Waals surface area (Å²) < 4.78 is 8.24. The molecule has 6 heteroatoms. The van der Waals surface area contributed by atoms with E-state index in [-0.39, 0.29) is 12.2 Å². The van der Waals surface area contributed by atoms with Crippen LogP contribution < -0.4 is 5.32 Å². The highest BCUT2D eigenvalue weighted by atomic mass is 79.9. The van der Waals surface area contributed by atoms with Gasteiger partial charge in [0.25, 0.3) is 0 Å². The number of benzene rings is 2.